The number of carbonyl (C=O) groups excluding carboxylic acids is 2. The number of ether oxygens (including phenoxy) is 3. The predicted molar refractivity (Wildman–Crippen MR) is 93.8 cm³/mol. The van der Waals surface area contributed by atoms with E-state index in [1.165, 1.54) is 0 Å². The van der Waals surface area contributed by atoms with Gasteiger partial charge < -0.3 is 19.5 Å². The number of alkyl carbamates (subject to hydrolysis) is 1. The zero-order chi connectivity index (χ0) is 18.6. The maximum atomic E-state index is 11.9. The van der Waals surface area contributed by atoms with Crippen LogP contribution in [-0.4, -0.2) is 30.5 Å². The Kier molecular flexibility index (Phi) is 5.93. The molecule has 1 saturated carbocycles. The number of hydrogen-bond acceptors (Lipinski definition) is 5. The lowest BCUT2D eigenvalue weighted by Crippen LogP contribution is -2.34. The lowest BCUT2D eigenvalue weighted by molar-refractivity contribution is 0.0522. The van der Waals surface area contributed by atoms with Gasteiger partial charge in [-0.05, 0) is 39.2 Å². The van der Waals surface area contributed by atoms with Crippen LogP contribution in [0.15, 0.2) is 24.3 Å². The zero-order valence-electron chi connectivity index (χ0n) is 15.5. The number of benzene rings is 1. The monoisotopic (exact) mass is 349 g/mol. The molecule has 1 amide bonds. The molecule has 0 aromatic heterocycles. The molecule has 0 bridgehead atoms. The summed E-state index contributed by atoms with van der Waals surface area (Å²) < 4.78 is 15.7. The second kappa shape index (κ2) is 7.76. The first-order chi connectivity index (χ1) is 11.7. The van der Waals surface area contributed by atoms with Gasteiger partial charge in [0, 0.05) is 17.5 Å². The summed E-state index contributed by atoms with van der Waals surface area (Å²) in [4.78, 5) is 23.7. The summed E-state index contributed by atoms with van der Waals surface area (Å²) in [5.74, 6) is 0.810. The number of para-hydroxylation sites is 1. The van der Waals surface area contributed by atoms with Crippen molar-refractivity contribution in [3.05, 3.63) is 29.8 Å². The molecule has 2 atom stereocenters. The van der Waals surface area contributed by atoms with Crippen molar-refractivity contribution in [1.82, 2.24) is 5.32 Å². The van der Waals surface area contributed by atoms with Gasteiger partial charge in [-0.25, -0.2) is 9.59 Å². The highest BCUT2D eigenvalue weighted by molar-refractivity contribution is 5.69. The van der Waals surface area contributed by atoms with E-state index < -0.39 is 17.8 Å². The molecule has 25 heavy (non-hydrogen) atoms. The van der Waals surface area contributed by atoms with E-state index >= 15 is 0 Å². The van der Waals surface area contributed by atoms with Crippen LogP contribution in [0.2, 0.25) is 0 Å². The Morgan fingerprint density at radius 2 is 1.92 bits per heavy atom. The van der Waals surface area contributed by atoms with Crippen LogP contribution < -0.4 is 10.1 Å². The summed E-state index contributed by atoms with van der Waals surface area (Å²) in [5.41, 5.74) is 0.348. The van der Waals surface area contributed by atoms with Crippen LogP contribution in [0.3, 0.4) is 0 Å². The minimum atomic E-state index is -0.710. The Balaban J connectivity index is 1.93. The topological polar surface area (TPSA) is 73.9 Å². The van der Waals surface area contributed by atoms with Crippen molar-refractivity contribution >= 4 is 12.2 Å². The zero-order valence-corrected chi connectivity index (χ0v) is 15.5. The van der Waals surface area contributed by atoms with Crippen LogP contribution in [0.25, 0.3) is 0 Å². The fourth-order valence-corrected chi connectivity index (χ4v) is 2.39. The van der Waals surface area contributed by atoms with Crippen LogP contribution >= 0.6 is 0 Å². The van der Waals surface area contributed by atoms with Gasteiger partial charge in [-0.15, -0.1) is 0 Å². The van der Waals surface area contributed by atoms with E-state index in [4.69, 9.17) is 14.2 Å². The van der Waals surface area contributed by atoms with Crippen LogP contribution in [0, 0.1) is 5.92 Å². The molecule has 6 nitrogen and oxygen atoms in total. The lowest BCUT2D eigenvalue weighted by Gasteiger charge is -2.19. The quantitative estimate of drug-likeness (QED) is 0.636. The van der Waals surface area contributed by atoms with Crippen LogP contribution in [0.1, 0.15) is 52.5 Å². The summed E-state index contributed by atoms with van der Waals surface area (Å²) in [6.07, 6.45) is -0.367. The Labute approximate surface area is 148 Å². The highest BCUT2D eigenvalue weighted by atomic mass is 16.7. The standard InChI is InChI=1S/C19H27NO5/c1-12(2)11-23-18(22)24-16-9-7-6-8-13(16)14-10-15(14)20-17(21)25-19(3,4)5/h6-9,12,14-15H,10-11H2,1-5H3,(H,20,21). The fourth-order valence-electron chi connectivity index (χ4n) is 2.39. The SMILES string of the molecule is CC(C)COC(=O)Oc1ccccc1C1CC1NC(=O)OC(C)(C)C. The summed E-state index contributed by atoms with van der Waals surface area (Å²) >= 11 is 0. The second-order valence-electron chi connectivity index (χ2n) is 7.69. The Bertz CT molecular complexity index is 620. The van der Waals surface area contributed by atoms with Crippen molar-refractivity contribution < 1.29 is 23.8 Å². The molecule has 0 saturated heterocycles. The second-order valence-corrected chi connectivity index (χ2v) is 7.69. The van der Waals surface area contributed by atoms with Crippen LogP contribution in [0.5, 0.6) is 5.75 Å². The molecule has 2 unspecified atom stereocenters. The molecule has 6 heteroatoms. The molecule has 0 heterocycles. The van der Waals surface area contributed by atoms with Gasteiger partial charge >= 0.3 is 12.2 Å². The molecule has 1 fully saturated rings. The maximum Gasteiger partial charge on any atom is 0.513 e. The third-order valence-corrected chi connectivity index (χ3v) is 3.54. The minimum absolute atomic E-state index is 0.0220. The Morgan fingerprint density at radius 3 is 2.56 bits per heavy atom. The van der Waals surface area contributed by atoms with E-state index in [0.717, 1.165) is 12.0 Å². The molecule has 0 radical (unpaired) electrons. The van der Waals surface area contributed by atoms with Crippen molar-refractivity contribution in [1.29, 1.82) is 0 Å². The van der Waals surface area contributed by atoms with E-state index in [1.54, 1.807) is 12.1 Å². The molecule has 1 aliphatic rings. The van der Waals surface area contributed by atoms with E-state index in [0.29, 0.717) is 12.4 Å². The maximum absolute atomic E-state index is 11.9. The van der Waals surface area contributed by atoms with Gasteiger partial charge in [0.1, 0.15) is 11.4 Å². The smallest absolute Gasteiger partial charge is 0.444 e. The summed E-state index contributed by atoms with van der Waals surface area (Å²) in [6, 6.07) is 7.28. The van der Waals surface area contributed by atoms with E-state index in [2.05, 4.69) is 5.32 Å². The van der Waals surface area contributed by atoms with Gasteiger partial charge in [0.05, 0.1) is 6.61 Å². The summed E-state index contributed by atoms with van der Waals surface area (Å²) in [7, 11) is 0. The van der Waals surface area contributed by atoms with Gasteiger partial charge in [0.25, 0.3) is 0 Å². The van der Waals surface area contributed by atoms with Crippen molar-refractivity contribution in [2.75, 3.05) is 6.61 Å². The average molecular weight is 349 g/mol. The molecule has 1 aliphatic carbocycles. The Hall–Kier alpha value is -2.24. The molecule has 138 valence electrons. The molecular formula is C19H27NO5. The number of rotatable bonds is 5. The first-order valence-electron chi connectivity index (χ1n) is 8.59. The third kappa shape index (κ3) is 6.29. The first kappa shape index (κ1) is 19.1. The normalized spacial score (nSPS) is 19.3. The van der Waals surface area contributed by atoms with Crippen LogP contribution in [0.4, 0.5) is 9.59 Å². The summed E-state index contributed by atoms with van der Waals surface area (Å²) in [6.45, 7) is 9.69. The lowest BCUT2D eigenvalue weighted by atomic mass is 10.1. The number of nitrogens with one attached hydrogen (secondary N) is 1. The largest absolute Gasteiger partial charge is 0.513 e. The van der Waals surface area contributed by atoms with E-state index in [-0.39, 0.29) is 17.9 Å². The van der Waals surface area contributed by atoms with Crippen LogP contribution in [-0.2, 0) is 9.47 Å². The molecule has 1 aromatic carbocycles. The molecular weight excluding hydrogens is 322 g/mol. The molecule has 2 rings (SSSR count). The van der Waals surface area contributed by atoms with Crippen molar-refractivity contribution in [2.24, 2.45) is 5.92 Å². The van der Waals surface area contributed by atoms with Gasteiger partial charge in [-0.2, -0.15) is 0 Å². The van der Waals surface area contributed by atoms with Crippen molar-refractivity contribution in [2.45, 2.75) is 58.6 Å². The number of amides is 1. The fraction of sp³-hybridized carbons (Fsp3) is 0.579. The molecule has 0 aliphatic heterocycles. The third-order valence-electron chi connectivity index (χ3n) is 3.54. The molecule has 1 aromatic rings. The highest BCUT2D eigenvalue weighted by Crippen LogP contribution is 2.44. The van der Waals surface area contributed by atoms with Gasteiger partial charge in [0.15, 0.2) is 0 Å². The predicted octanol–water partition coefficient (Wildman–Crippen LogP) is 4.24. The minimum Gasteiger partial charge on any atom is -0.444 e. The van der Waals surface area contributed by atoms with Crippen molar-refractivity contribution in [3.63, 3.8) is 0 Å². The Morgan fingerprint density at radius 1 is 1.24 bits per heavy atom. The molecule has 0 spiro atoms. The van der Waals surface area contributed by atoms with Gasteiger partial charge in [-0.1, -0.05) is 32.0 Å². The number of carbonyl (C=O) groups is 2. The number of hydrogen-bond donors (Lipinski definition) is 1. The van der Waals surface area contributed by atoms with E-state index in [1.807, 2.05) is 46.8 Å². The first-order valence-corrected chi connectivity index (χ1v) is 8.59. The molecule has 1 N–H and O–H groups in total. The highest BCUT2D eigenvalue weighted by Gasteiger charge is 2.42. The average Bonchev–Trinajstić information content (AvgIpc) is 3.22. The van der Waals surface area contributed by atoms with E-state index in [9.17, 15) is 9.59 Å². The van der Waals surface area contributed by atoms with Gasteiger partial charge in [-0.3, -0.25) is 0 Å². The van der Waals surface area contributed by atoms with Gasteiger partial charge in [0.2, 0.25) is 0 Å². The summed E-state index contributed by atoms with van der Waals surface area (Å²) in [5, 5.41) is 2.85. The van der Waals surface area contributed by atoms with Crippen molar-refractivity contribution in [3.8, 4) is 5.75 Å².